The van der Waals surface area contributed by atoms with Gasteiger partial charge in [-0.1, -0.05) is 0 Å². The molecule has 2 atom stereocenters. The van der Waals surface area contributed by atoms with E-state index in [1.54, 1.807) is 27.9 Å². The lowest BCUT2D eigenvalue weighted by Gasteiger charge is -2.27. The number of aliphatic hydroxyl groups excluding tert-OH is 1. The van der Waals surface area contributed by atoms with Crippen LogP contribution in [0.1, 0.15) is 27.2 Å². The van der Waals surface area contributed by atoms with Gasteiger partial charge in [-0.25, -0.2) is 4.79 Å². The summed E-state index contributed by atoms with van der Waals surface area (Å²) in [7, 11) is 1.54. The number of aliphatic hydroxyl groups is 1. The summed E-state index contributed by atoms with van der Waals surface area (Å²) >= 11 is 0. The van der Waals surface area contributed by atoms with Gasteiger partial charge in [0.2, 0.25) is 5.91 Å². The summed E-state index contributed by atoms with van der Waals surface area (Å²) in [5.41, 5.74) is -0.637. The second-order valence-corrected chi connectivity index (χ2v) is 5.82. The molecule has 0 aromatic heterocycles. The summed E-state index contributed by atoms with van der Waals surface area (Å²) in [6.45, 7) is 6.13. The fourth-order valence-electron chi connectivity index (χ4n) is 1.98. The SMILES string of the molecule is COCCNC(=O)[C@@H]1C[C@@H](O)CN1C(=O)OC(C)(C)C. The van der Waals surface area contributed by atoms with Crippen LogP contribution >= 0.6 is 0 Å². The molecule has 116 valence electrons. The van der Waals surface area contributed by atoms with Crippen molar-refractivity contribution in [1.82, 2.24) is 10.2 Å². The van der Waals surface area contributed by atoms with Crippen molar-refractivity contribution in [2.75, 3.05) is 26.8 Å². The molecule has 1 saturated heterocycles. The summed E-state index contributed by atoms with van der Waals surface area (Å²) < 4.78 is 10.1. The molecule has 2 N–H and O–H groups in total. The topological polar surface area (TPSA) is 88.1 Å². The van der Waals surface area contributed by atoms with E-state index in [2.05, 4.69) is 5.32 Å². The van der Waals surface area contributed by atoms with Gasteiger partial charge < -0.3 is 19.9 Å². The van der Waals surface area contributed by atoms with Crippen LogP contribution in [0.3, 0.4) is 0 Å². The number of amides is 2. The summed E-state index contributed by atoms with van der Waals surface area (Å²) in [5, 5.41) is 12.4. The zero-order valence-electron chi connectivity index (χ0n) is 12.5. The van der Waals surface area contributed by atoms with Gasteiger partial charge in [0, 0.05) is 20.1 Å². The van der Waals surface area contributed by atoms with Gasteiger partial charge in [0.15, 0.2) is 0 Å². The van der Waals surface area contributed by atoms with E-state index in [0.29, 0.717) is 13.2 Å². The second-order valence-electron chi connectivity index (χ2n) is 5.82. The number of hydrogen-bond acceptors (Lipinski definition) is 5. The monoisotopic (exact) mass is 288 g/mol. The summed E-state index contributed by atoms with van der Waals surface area (Å²) in [6, 6.07) is -0.697. The van der Waals surface area contributed by atoms with Crippen LogP contribution in [0.5, 0.6) is 0 Å². The van der Waals surface area contributed by atoms with Gasteiger partial charge in [0.05, 0.1) is 19.3 Å². The number of carbonyl (C=O) groups excluding carboxylic acids is 2. The summed E-state index contributed by atoms with van der Waals surface area (Å²) in [6.07, 6.45) is -1.07. The molecule has 1 aliphatic rings. The Balaban J connectivity index is 2.63. The van der Waals surface area contributed by atoms with E-state index in [4.69, 9.17) is 9.47 Å². The van der Waals surface area contributed by atoms with Crippen molar-refractivity contribution < 1.29 is 24.2 Å². The quantitative estimate of drug-likeness (QED) is 0.717. The Labute approximate surface area is 119 Å². The molecule has 1 aliphatic heterocycles. The van der Waals surface area contributed by atoms with Crippen LogP contribution in [0.2, 0.25) is 0 Å². The normalized spacial score (nSPS) is 22.8. The molecule has 0 aromatic rings. The first-order valence-corrected chi connectivity index (χ1v) is 6.69. The van der Waals surface area contributed by atoms with Crippen molar-refractivity contribution in [3.8, 4) is 0 Å². The Morgan fingerprint density at radius 2 is 2.05 bits per heavy atom. The van der Waals surface area contributed by atoms with Gasteiger partial charge in [-0.2, -0.15) is 0 Å². The van der Waals surface area contributed by atoms with E-state index in [9.17, 15) is 14.7 Å². The molecule has 7 heteroatoms. The Bertz CT molecular complexity index is 353. The Hall–Kier alpha value is -1.34. The molecule has 2 amide bonds. The van der Waals surface area contributed by atoms with Gasteiger partial charge in [-0.3, -0.25) is 9.69 Å². The number of methoxy groups -OCH3 is 1. The Kier molecular flexibility index (Phi) is 5.76. The van der Waals surface area contributed by atoms with Gasteiger partial charge in [0.1, 0.15) is 11.6 Å². The van der Waals surface area contributed by atoms with E-state index in [0.717, 1.165) is 0 Å². The largest absolute Gasteiger partial charge is 0.444 e. The minimum absolute atomic E-state index is 0.108. The van der Waals surface area contributed by atoms with Crippen molar-refractivity contribution in [2.24, 2.45) is 0 Å². The average molecular weight is 288 g/mol. The molecule has 1 heterocycles. The number of likely N-dealkylation sites (tertiary alicyclic amines) is 1. The van der Waals surface area contributed by atoms with Crippen LogP contribution < -0.4 is 5.32 Å². The van der Waals surface area contributed by atoms with Gasteiger partial charge in [-0.05, 0) is 20.8 Å². The highest BCUT2D eigenvalue weighted by atomic mass is 16.6. The number of nitrogens with zero attached hydrogens (tertiary/aromatic N) is 1. The van der Waals surface area contributed by atoms with E-state index in [1.807, 2.05) is 0 Å². The highest BCUT2D eigenvalue weighted by Crippen LogP contribution is 2.21. The highest BCUT2D eigenvalue weighted by molar-refractivity contribution is 5.86. The zero-order chi connectivity index (χ0) is 15.3. The molecule has 0 aromatic carbocycles. The van der Waals surface area contributed by atoms with Crippen molar-refractivity contribution in [1.29, 1.82) is 0 Å². The van der Waals surface area contributed by atoms with Crippen LogP contribution in [0, 0.1) is 0 Å². The number of nitrogens with one attached hydrogen (secondary N) is 1. The van der Waals surface area contributed by atoms with E-state index < -0.39 is 23.8 Å². The van der Waals surface area contributed by atoms with Crippen LogP contribution in [0.25, 0.3) is 0 Å². The first-order chi connectivity index (χ1) is 9.24. The Morgan fingerprint density at radius 3 is 2.60 bits per heavy atom. The van der Waals surface area contributed by atoms with E-state index >= 15 is 0 Å². The fraction of sp³-hybridized carbons (Fsp3) is 0.846. The fourth-order valence-corrected chi connectivity index (χ4v) is 1.98. The number of carbonyl (C=O) groups is 2. The molecule has 1 fully saturated rings. The van der Waals surface area contributed by atoms with Gasteiger partial charge in [0.25, 0.3) is 0 Å². The number of β-amino-alcohol motifs (C(OH)–C–C–N with tert-alkyl or cyclic N) is 1. The van der Waals surface area contributed by atoms with Gasteiger partial charge in [-0.15, -0.1) is 0 Å². The van der Waals surface area contributed by atoms with Crippen molar-refractivity contribution in [3.05, 3.63) is 0 Å². The third-order valence-electron chi connectivity index (χ3n) is 2.82. The zero-order valence-corrected chi connectivity index (χ0v) is 12.5. The maximum atomic E-state index is 12.0. The summed E-state index contributed by atoms with van der Waals surface area (Å²) in [5.74, 6) is -0.301. The predicted octanol–water partition coefficient (Wildman–Crippen LogP) is 0.119. The van der Waals surface area contributed by atoms with Gasteiger partial charge >= 0.3 is 6.09 Å². The molecule has 0 radical (unpaired) electrons. The molecule has 7 nitrogen and oxygen atoms in total. The molecular weight excluding hydrogens is 264 g/mol. The molecule has 1 rings (SSSR count). The predicted molar refractivity (Wildman–Crippen MR) is 72.2 cm³/mol. The lowest BCUT2D eigenvalue weighted by atomic mass is 10.2. The first-order valence-electron chi connectivity index (χ1n) is 6.69. The van der Waals surface area contributed by atoms with Crippen molar-refractivity contribution in [2.45, 2.75) is 44.9 Å². The lowest BCUT2D eigenvalue weighted by Crippen LogP contribution is -2.48. The standard InChI is InChI=1S/C13H24N2O5/c1-13(2,3)20-12(18)15-8-9(16)7-10(15)11(17)14-5-6-19-4/h9-10,16H,5-8H2,1-4H3,(H,14,17)/t9-,10+/m1/s1. The molecule has 0 unspecified atom stereocenters. The van der Waals surface area contributed by atoms with Crippen molar-refractivity contribution >= 4 is 12.0 Å². The van der Waals surface area contributed by atoms with Crippen LogP contribution in [-0.4, -0.2) is 66.6 Å². The second kappa shape index (κ2) is 6.90. The van der Waals surface area contributed by atoms with E-state index in [-0.39, 0.29) is 18.9 Å². The molecule has 0 aliphatic carbocycles. The van der Waals surface area contributed by atoms with Crippen LogP contribution in [-0.2, 0) is 14.3 Å². The van der Waals surface area contributed by atoms with Crippen molar-refractivity contribution in [3.63, 3.8) is 0 Å². The first kappa shape index (κ1) is 16.7. The molecule has 0 saturated carbocycles. The smallest absolute Gasteiger partial charge is 0.411 e. The molecule has 20 heavy (non-hydrogen) atoms. The minimum Gasteiger partial charge on any atom is -0.444 e. The van der Waals surface area contributed by atoms with E-state index in [1.165, 1.54) is 4.90 Å². The number of hydrogen-bond donors (Lipinski definition) is 2. The highest BCUT2D eigenvalue weighted by Gasteiger charge is 2.40. The maximum Gasteiger partial charge on any atom is 0.411 e. The third-order valence-corrected chi connectivity index (χ3v) is 2.82. The molecular formula is C13H24N2O5. The Morgan fingerprint density at radius 1 is 1.40 bits per heavy atom. The van der Waals surface area contributed by atoms with Crippen LogP contribution in [0.15, 0.2) is 0 Å². The number of rotatable bonds is 4. The maximum absolute atomic E-state index is 12.0. The minimum atomic E-state index is -0.708. The molecule has 0 spiro atoms. The number of ether oxygens (including phenoxy) is 2. The lowest BCUT2D eigenvalue weighted by molar-refractivity contribution is -0.125. The molecule has 0 bridgehead atoms. The average Bonchev–Trinajstić information content (AvgIpc) is 2.69. The van der Waals surface area contributed by atoms with Crippen LogP contribution in [0.4, 0.5) is 4.79 Å². The third kappa shape index (κ3) is 4.97. The summed E-state index contributed by atoms with van der Waals surface area (Å²) in [4.78, 5) is 25.3.